The van der Waals surface area contributed by atoms with Gasteiger partial charge in [-0.05, 0) is 36.5 Å². The summed E-state index contributed by atoms with van der Waals surface area (Å²) in [5.74, 6) is -0.809. The molecule has 21 heavy (non-hydrogen) atoms. The Balaban J connectivity index is 1.94. The van der Waals surface area contributed by atoms with E-state index in [9.17, 15) is 9.90 Å². The maximum Gasteiger partial charge on any atom is 0.354 e. The highest BCUT2D eigenvalue weighted by atomic mass is 35.5. The van der Waals surface area contributed by atoms with Crippen LogP contribution in [0.15, 0.2) is 30.6 Å². The van der Waals surface area contributed by atoms with Crippen LogP contribution in [0.5, 0.6) is 0 Å². The van der Waals surface area contributed by atoms with Gasteiger partial charge >= 0.3 is 5.97 Å². The summed E-state index contributed by atoms with van der Waals surface area (Å²) in [5, 5.41) is 19.5. The molecule has 1 aromatic heterocycles. The summed E-state index contributed by atoms with van der Waals surface area (Å²) in [6.07, 6.45) is 2.71. The maximum absolute atomic E-state index is 10.9. The second kappa shape index (κ2) is 5.42. The number of nitrogens with zero attached hydrogens (tertiary/aromatic N) is 2. The SMILES string of the molecule is O=C(O)c1cc(-c2ccc(C(O)C3CC3)c(Cl)c2)ncn1. The first-order valence-corrected chi connectivity index (χ1v) is 6.97. The number of halogens is 1. The fourth-order valence-corrected chi connectivity index (χ4v) is 2.52. The number of carbonyl (C=O) groups is 1. The predicted octanol–water partition coefficient (Wildman–Crippen LogP) is 2.94. The fraction of sp³-hybridized carbons (Fsp3) is 0.267. The number of hydrogen-bond acceptors (Lipinski definition) is 4. The number of aliphatic hydroxyl groups excluding tert-OH is 1. The van der Waals surface area contributed by atoms with Crippen LogP contribution in [0.1, 0.15) is 35.0 Å². The fourth-order valence-electron chi connectivity index (χ4n) is 2.22. The first-order valence-electron chi connectivity index (χ1n) is 6.59. The smallest absolute Gasteiger partial charge is 0.354 e. The van der Waals surface area contributed by atoms with Crippen molar-refractivity contribution in [1.82, 2.24) is 9.97 Å². The van der Waals surface area contributed by atoms with Gasteiger partial charge in [0.05, 0.1) is 11.8 Å². The molecule has 0 amide bonds. The van der Waals surface area contributed by atoms with Gasteiger partial charge in [-0.1, -0.05) is 23.7 Å². The number of aromatic carboxylic acids is 1. The van der Waals surface area contributed by atoms with E-state index >= 15 is 0 Å². The minimum Gasteiger partial charge on any atom is -0.477 e. The van der Waals surface area contributed by atoms with Gasteiger partial charge in [0, 0.05) is 10.6 Å². The predicted molar refractivity (Wildman–Crippen MR) is 77.1 cm³/mol. The Labute approximate surface area is 126 Å². The Kier molecular flexibility index (Phi) is 3.61. The van der Waals surface area contributed by atoms with Crippen LogP contribution < -0.4 is 0 Å². The van der Waals surface area contributed by atoms with Crippen molar-refractivity contribution in [1.29, 1.82) is 0 Å². The van der Waals surface area contributed by atoms with Gasteiger partial charge in [-0.3, -0.25) is 0 Å². The standard InChI is InChI=1S/C15H13ClN2O3/c16-11-5-9(3-4-10(11)14(19)8-1-2-8)12-6-13(15(20)21)18-7-17-12/h3-8,14,19H,1-2H2,(H,20,21). The lowest BCUT2D eigenvalue weighted by atomic mass is 10.0. The number of benzene rings is 1. The summed E-state index contributed by atoms with van der Waals surface area (Å²) in [6, 6.07) is 6.63. The van der Waals surface area contributed by atoms with E-state index in [1.54, 1.807) is 18.2 Å². The molecule has 0 radical (unpaired) electrons. The number of carboxylic acid groups (broad SMARTS) is 1. The molecule has 1 saturated carbocycles. The zero-order valence-electron chi connectivity index (χ0n) is 11.0. The van der Waals surface area contributed by atoms with Crippen LogP contribution in [0.25, 0.3) is 11.3 Å². The van der Waals surface area contributed by atoms with Crippen molar-refractivity contribution in [3.05, 3.63) is 46.9 Å². The minimum absolute atomic E-state index is 0.0711. The molecular formula is C15H13ClN2O3. The summed E-state index contributed by atoms with van der Waals surface area (Å²) < 4.78 is 0. The molecule has 5 nitrogen and oxygen atoms in total. The van der Waals surface area contributed by atoms with Gasteiger partial charge in [0.2, 0.25) is 0 Å². The lowest BCUT2D eigenvalue weighted by molar-refractivity contribution is 0.0690. The molecule has 1 aliphatic carbocycles. The highest BCUT2D eigenvalue weighted by molar-refractivity contribution is 6.31. The summed E-state index contributed by atoms with van der Waals surface area (Å²) in [7, 11) is 0. The first kappa shape index (κ1) is 14.0. The summed E-state index contributed by atoms with van der Waals surface area (Å²) in [4.78, 5) is 18.7. The zero-order chi connectivity index (χ0) is 15.0. The third-order valence-electron chi connectivity index (χ3n) is 3.57. The second-order valence-corrected chi connectivity index (χ2v) is 5.52. The van der Waals surface area contributed by atoms with Crippen molar-refractivity contribution in [2.75, 3.05) is 0 Å². The van der Waals surface area contributed by atoms with Crippen LogP contribution >= 0.6 is 11.6 Å². The van der Waals surface area contributed by atoms with E-state index in [1.807, 2.05) is 0 Å². The van der Waals surface area contributed by atoms with Crippen molar-refractivity contribution in [3.8, 4) is 11.3 Å². The molecule has 0 bridgehead atoms. The van der Waals surface area contributed by atoms with Gasteiger partial charge in [0.15, 0.2) is 5.69 Å². The van der Waals surface area contributed by atoms with Crippen molar-refractivity contribution in [2.24, 2.45) is 5.92 Å². The van der Waals surface area contributed by atoms with Crippen LogP contribution in [0.2, 0.25) is 5.02 Å². The van der Waals surface area contributed by atoms with Crippen molar-refractivity contribution in [3.63, 3.8) is 0 Å². The molecule has 1 heterocycles. The summed E-state index contributed by atoms with van der Waals surface area (Å²) >= 11 is 6.23. The molecule has 1 fully saturated rings. The average molecular weight is 305 g/mol. The van der Waals surface area contributed by atoms with Crippen LogP contribution in [-0.2, 0) is 0 Å². The first-order chi connectivity index (χ1) is 10.1. The summed E-state index contributed by atoms with van der Waals surface area (Å²) in [6.45, 7) is 0. The van der Waals surface area contributed by atoms with Crippen LogP contribution in [0.4, 0.5) is 0 Å². The van der Waals surface area contributed by atoms with Gasteiger partial charge in [-0.2, -0.15) is 0 Å². The number of rotatable bonds is 4. The highest BCUT2D eigenvalue weighted by Crippen LogP contribution is 2.43. The molecule has 0 spiro atoms. The number of aliphatic hydroxyl groups is 1. The average Bonchev–Trinajstić information content (AvgIpc) is 3.31. The van der Waals surface area contributed by atoms with Gasteiger partial charge in [-0.15, -0.1) is 0 Å². The Morgan fingerprint density at radius 2 is 2.05 bits per heavy atom. The van der Waals surface area contributed by atoms with Gasteiger partial charge in [-0.25, -0.2) is 14.8 Å². The third kappa shape index (κ3) is 2.89. The van der Waals surface area contributed by atoms with Crippen LogP contribution in [0.3, 0.4) is 0 Å². The molecule has 0 aliphatic heterocycles. The Hall–Kier alpha value is -1.98. The monoisotopic (exact) mass is 304 g/mol. The van der Waals surface area contributed by atoms with E-state index in [0.717, 1.165) is 12.8 Å². The lowest BCUT2D eigenvalue weighted by Crippen LogP contribution is -2.02. The van der Waals surface area contributed by atoms with E-state index < -0.39 is 12.1 Å². The Morgan fingerprint density at radius 1 is 1.29 bits per heavy atom. The molecule has 2 aromatic rings. The van der Waals surface area contributed by atoms with E-state index in [2.05, 4.69) is 9.97 Å². The second-order valence-electron chi connectivity index (χ2n) is 5.11. The van der Waals surface area contributed by atoms with Crippen LogP contribution in [0, 0.1) is 5.92 Å². The van der Waals surface area contributed by atoms with Gasteiger partial charge in [0.1, 0.15) is 6.33 Å². The molecule has 2 N–H and O–H groups in total. The Morgan fingerprint density at radius 3 is 2.67 bits per heavy atom. The molecule has 1 aliphatic rings. The van der Waals surface area contributed by atoms with E-state index in [1.165, 1.54) is 12.4 Å². The number of carboxylic acids is 1. The zero-order valence-corrected chi connectivity index (χ0v) is 11.8. The van der Waals surface area contributed by atoms with Crippen LogP contribution in [-0.4, -0.2) is 26.2 Å². The topological polar surface area (TPSA) is 83.3 Å². The summed E-state index contributed by atoms with van der Waals surface area (Å²) in [5.41, 5.74) is 1.81. The van der Waals surface area contributed by atoms with Gasteiger partial charge < -0.3 is 10.2 Å². The molecule has 0 saturated heterocycles. The molecule has 108 valence electrons. The van der Waals surface area contributed by atoms with Crippen molar-refractivity contribution >= 4 is 17.6 Å². The molecule has 1 aromatic carbocycles. The van der Waals surface area contributed by atoms with E-state index in [0.29, 0.717) is 27.8 Å². The highest BCUT2D eigenvalue weighted by Gasteiger charge is 2.31. The minimum atomic E-state index is -1.11. The maximum atomic E-state index is 10.9. The molecule has 6 heteroatoms. The van der Waals surface area contributed by atoms with Crippen molar-refractivity contribution in [2.45, 2.75) is 18.9 Å². The quantitative estimate of drug-likeness (QED) is 0.907. The Bertz CT molecular complexity index is 701. The normalized spacial score (nSPS) is 15.7. The molecule has 3 rings (SSSR count). The molecule has 1 atom stereocenters. The molecule has 1 unspecified atom stereocenters. The molecular weight excluding hydrogens is 292 g/mol. The van der Waals surface area contributed by atoms with Gasteiger partial charge in [0.25, 0.3) is 0 Å². The van der Waals surface area contributed by atoms with Crippen molar-refractivity contribution < 1.29 is 15.0 Å². The largest absolute Gasteiger partial charge is 0.477 e. The third-order valence-corrected chi connectivity index (χ3v) is 3.90. The lowest BCUT2D eigenvalue weighted by Gasteiger charge is -2.12. The number of hydrogen-bond donors (Lipinski definition) is 2. The van der Waals surface area contributed by atoms with E-state index in [-0.39, 0.29) is 5.69 Å². The van der Waals surface area contributed by atoms with E-state index in [4.69, 9.17) is 16.7 Å². The number of aromatic nitrogens is 2.